The van der Waals surface area contributed by atoms with Crippen LogP contribution in [0, 0.1) is 6.92 Å². The fraction of sp³-hybridized carbons (Fsp3) is 0.286. The van der Waals surface area contributed by atoms with Crippen molar-refractivity contribution < 1.29 is 9.53 Å². The van der Waals surface area contributed by atoms with Gasteiger partial charge in [0.05, 0.1) is 37.0 Å². The van der Waals surface area contributed by atoms with Crippen molar-refractivity contribution in [1.82, 2.24) is 19.7 Å². The Kier molecular flexibility index (Phi) is 7.97. The van der Waals surface area contributed by atoms with Gasteiger partial charge < -0.3 is 10.1 Å². The van der Waals surface area contributed by atoms with E-state index in [-0.39, 0.29) is 11.4 Å². The molecular formula is C35H38N6O2. The number of fused-ring (bicyclic) bond motifs is 1. The number of aromatic nitrogens is 3. The van der Waals surface area contributed by atoms with Crippen LogP contribution in [0.1, 0.15) is 37.6 Å². The van der Waals surface area contributed by atoms with Gasteiger partial charge in [0.15, 0.2) is 0 Å². The van der Waals surface area contributed by atoms with E-state index < -0.39 is 0 Å². The molecule has 0 aliphatic carbocycles. The van der Waals surface area contributed by atoms with Gasteiger partial charge in [-0.15, -0.1) is 0 Å². The van der Waals surface area contributed by atoms with Crippen molar-refractivity contribution >= 4 is 28.3 Å². The third-order valence-corrected chi connectivity index (χ3v) is 7.90. The molecule has 2 amide bonds. The van der Waals surface area contributed by atoms with E-state index >= 15 is 0 Å². The van der Waals surface area contributed by atoms with Crippen LogP contribution < -0.4 is 10.6 Å². The molecule has 8 nitrogen and oxygen atoms in total. The van der Waals surface area contributed by atoms with Crippen LogP contribution in [0.3, 0.4) is 0 Å². The largest absolute Gasteiger partial charge is 0.379 e. The molecule has 2 N–H and O–H groups in total. The maximum atomic E-state index is 13.5. The molecule has 1 fully saturated rings. The summed E-state index contributed by atoms with van der Waals surface area (Å²) in [6, 6.07) is 24.6. The van der Waals surface area contributed by atoms with E-state index in [0.717, 1.165) is 77.4 Å². The van der Waals surface area contributed by atoms with Crippen molar-refractivity contribution in [1.29, 1.82) is 0 Å². The molecule has 0 radical (unpaired) electrons. The summed E-state index contributed by atoms with van der Waals surface area (Å²) in [5.74, 6) is 0.619. The second kappa shape index (κ2) is 12.0. The molecule has 0 unspecified atom stereocenters. The minimum absolute atomic E-state index is 0.231. The van der Waals surface area contributed by atoms with Crippen molar-refractivity contribution in [2.24, 2.45) is 0 Å². The Morgan fingerprint density at radius 1 is 0.884 bits per heavy atom. The zero-order chi connectivity index (χ0) is 30.0. The summed E-state index contributed by atoms with van der Waals surface area (Å²) in [6.07, 6.45) is 3.57. The minimum Gasteiger partial charge on any atom is -0.379 e. The summed E-state index contributed by atoms with van der Waals surface area (Å²) < 4.78 is 7.22. The molecule has 5 aromatic rings. The standard InChI is InChI=1S/C35H38N6O2/c1-24-9-14-27(21-36-24)41-33(31(22-37-41)35(2,3)4)39-34(42)38-32-16-15-28(29-7-5-6-8-30(29)32)26-12-10-25(11-13-26)23-40-17-19-43-20-18-40/h5-16,21-22H,17-20,23H2,1-4H3,(H2,38,39,42). The summed E-state index contributed by atoms with van der Waals surface area (Å²) in [5, 5.41) is 12.8. The van der Waals surface area contributed by atoms with Crippen molar-refractivity contribution in [3.63, 3.8) is 0 Å². The zero-order valence-electron chi connectivity index (χ0n) is 25.2. The first-order valence-corrected chi connectivity index (χ1v) is 14.8. The summed E-state index contributed by atoms with van der Waals surface area (Å²) in [5.41, 5.74) is 6.69. The maximum absolute atomic E-state index is 13.5. The number of pyridine rings is 1. The van der Waals surface area contributed by atoms with E-state index in [1.807, 2.05) is 49.5 Å². The van der Waals surface area contributed by atoms with Crippen molar-refractivity contribution in [3.8, 4) is 16.8 Å². The summed E-state index contributed by atoms with van der Waals surface area (Å²) in [7, 11) is 0. The minimum atomic E-state index is -0.335. The highest BCUT2D eigenvalue weighted by Gasteiger charge is 2.25. The number of ether oxygens (including phenoxy) is 1. The van der Waals surface area contributed by atoms with Gasteiger partial charge >= 0.3 is 6.03 Å². The quantitative estimate of drug-likeness (QED) is 0.225. The number of anilines is 2. The van der Waals surface area contributed by atoms with Crippen molar-refractivity contribution in [2.75, 3.05) is 36.9 Å². The van der Waals surface area contributed by atoms with E-state index in [1.165, 1.54) is 5.56 Å². The van der Waals surface area contributed by atoms with Crippen LogP contribution in [0.5, 0.6) is 0 Å². The number of nitrogens with zero attached hydrogens (tertiary/aromatic N) is 4. The average molecular weight is 575 g/mol. The van der Waals surface area contributed by atoms with Crippen LogP contribution in [0.2, 0.25) is 0 Å². The normalized spacial score (nSPS) is 14.1. The molecule has 3 aromatic carbocycles. The summed E-state index contributed by atoms with van der Waals surface area (Å²) in [4.78, 5) is 20.3. The monoisotopic (exact) mass is 574 g/mol. The first-order chi connectivity index (χ1) is 20.8. The Balaban J connectivity index is 1.25. The van der Waals surface area contributed by atoms with Gasteiger partial charge in [0.25, 0.3) is 0 Å². The lowest BCUT2D eigenvalue weighted by molar-refractivity contribution is 0.0342. The Labute approximate surface area is 252 Å². The van der Waals surface area contributed by atoms with Crippen LogP contribution >= 0.6 is 0 Å². The lowest BCUT2D eigenvalue weighted by atomic mass is 9.89. The number of morpholine rings is 1. The van der Waals surface area contributed by atoms with E-state index in [4.69, 9.17) is 4.74 Å². The summed E-state index contributed by atoms with van der Waals surface area (Å²) in [6.45, 7) is 12.7. The zero-order valence-corrected chi connectivity index (χ0v) is 25.2. The van der Waals surface area contributed by atoms with E-state index in [1.54, 1.807) is 10.9 Å². The number of carbonyl (C=O) groups is 1. The second-order valence-corrected chi connectivity index (χ2v) is 12.1. The number of aryl methyl sites for hydroxylation is 1. The Bertz CT molecular complexity index is 1730. The van der Waals surface area contributed by atoms with E-state index in [0.29, 0.717) is 5.82 Å². The predicted octanol–water partition coefficient (Wildman–Crippen LogP) is 7.17. The number of carbonyl (C=O) groups excluding carboxylic acids is 1. The third-order valence-electron chi connectivity index (χ3n) is 7.90. The molecule has 1 aliphatic heterocycles. The number of hydrogen-bond donors (Lipinski definition) is 2. The molecule has 43 heavy (non-hydrogen) atoms. The average Bonchev–Trinajstić information content (AvgIpc) is 3.43. The molecule has 8 heteroatoms. The molecule has 1 aliphatic rings. The molecule has 220 valence electrons. The van der Waals surface area contributed by atoms with Gasteiger partial charge in [0.1, 0.15) is 5.82 Å². The highest BCUT2D eigenvalue weighted by atomic mass is 16.5. The smallest absolute Gasteiger partial charge is 0.324 e. The SMILES string of the molecule is Cc1ccc(-n2ncc(C(C)(C)C)c2NC(=O)Nc2ccc(-c3ccc(CN4CCOCC4)cc3)c3ccccc23)cn1. The third kappa shape index (κ3) is 6.30. The first kappa shape index (κ1) is 28.6. The fourth-order valence-electron chi connectivity index (χ4n) is 5.53. The second-order valence-electron chi connectivity index (χ2n) is 12.1. The van der Waals surface area contributed by atoms with Crippen molar-refractivity contribution in [3.05, 3.63) is 102 Å². The van der Waals surface area contributed by atoms with Crippen molar-refractivity contribution in [2.45, 2.75) is 39.7 Å². The number of rotatable bonds is 6. The molecule has 3 heterocycles. The van der Waals surface area contributed by atoms with Crippen LogP contribution in [0.25, 0.3) is 27.6 Å². The maximum Gasteiger partial charge on any atom is 0.324 e. The number of urea groups is 1. The number of nitrogens with one attached hydrogen (secondary N) is 2. The van der Waals surface area contributed by atoms with Crippen LogP contribution in [0.4, 0.5) is 16.3 Å². The van der Waals surface area contributed by atoms with Gasteiger partial charge in [-0.25, -0.2) is 9.48 Å². The molecule has 0 spiro atoms. The first-order valence-electron chi connectivity index (χ1n) is 14.8. The van der Waals surface area contributed by atoms with Gasteiger partial charge in [0.2, 0.25) is 0 Å². The molecule has 0 saturated carbocycles. The molecule has 6 rings (SSSR count). The van der Waals surface area contributed by atoms with Crippen LogP contribution in [0.15, 0.2) is 85.2 Å². The number of amides is 2. The lowest BCUT2D eigenvalue weighted by Gasteiger charge is -2.26. The number of hydrogen-bond acceptors (Lipinski definition) is 5. The molecule has 0 atom stereocenters. The van der Waals surface area contributed by atoms with E-state index in [9.17, 15) is 4.79 Å². The summed E-state index contributed by atoms with van der Waals surface area (Å²) >= 11 is 0. The van der Waals surface area contributed by atoms with Gasteiger partial charge in [-0.3, -0.25) is 15.2 Å². The van der Waals surface area contributed by atoms with E-state index in [2.05, 4.69) is 82.8 Å². The highest BCUT2D eigenvalue weighted by Crippen LogP contribution is 2.35. The van der Waals surface area contributed by atoms with Gasteiger partial charge in [0, 0.05) is 36.3 Å². The Hall–Kier alpha value is -4.53. The Morgan fingerprint density at radius 3 is 2.33 bits per heavy atom. The molecule has 1 saturated heterocycles. The molecule has 2 aromatic heterocycles. The lowest BCUT2D eigenvalue weighted by Crippen LogP contribution is -2.35. The van der Waals surface area contributed by atoms with Gasteiger partial charge in [-0.2, -0.15) is 5.10 Å². The predicted molar refractivity (Wildman–Crippen MR) is 173 cm³/mol. The van der Waals surface area contributed by atoms with Gasteiger partial charge in [-0.1, -0.05) is 75.4 Å². The van der Waals surface area contributed by atoms with Crippen LogP contribution in [-0.2, 0) is 16.7 Å². The highest BCUT2D eigenvalue weighted by molar-refractivity contribution is 6.09. The molecule has 0 bridgehead atoms. The Morgan fingerprint density at radius 2 is 1.63 bits per heavy atom. The fourth-order valence-corrected chi connectivity index (χ4v) is 5.53. The number of benzene rings is 3. The van der Waals surface area contributed by atoms with Gasteiger partial charge in [-0.05, 0) is 52.6 Å². The van der Waals surface area contributed by atoms with Crippen LogP contribution in [-0.4, -0.2) is 52.0 Å². The topological polar surface area (TPSA) is 84.3 Å². The molecular weight excluding hydrogens is 536 g/mol.